The van der Waals surface area contributed by atoms with Crippen LogP contribution >= 0.6 is 27.5 Å². The highest BCUT2D eigenvalue weighted by atomic mass is 79.9. The smallest absolute Gasteiger partial charge is 0.319 e. The van der Waals surface area contributed by atoms with Crippen molar-refractivity contribution in [2.75, 3.05) is 5.32 Å². The van der Waals surface area contributed by atoms with Gasteiger partial charge in [-0.25, -0.2) is 4.79 Å². The number of hydrogen-bond donors (Lipinski definition) is 2. The number of amides is 2. The van der Waals surface area contributed by atoms with Gasteiger partial charge in [0.2, 0.25) is 0 Å². The Kier molecular flexibility index (Phi) is 5.04. The molecule has 2 amide bonds. The average Bonchev–Trinajstić information content (AvgIpc) is 2.41. The molecular formula is C15H14BrClN2O. The third-order valence-electron chi connectivity index (χ3n) is 2.76. The fourth-order valence-corrected chi connectivity index (χ4v) is 2.19. The summed E-state index contributed by atoms with van der Waals surface area (Å²) < 4.78 is 1.02. The minimum absolute atomic E-state index is 0.244. The van der Waals surface area contributed by atoms with Crippen molar-refractivity contribution in [1.29, 1.82) is 0 Å². The molecule has 0 saturated heterocycles. The van der Waals surface area contributed by atoms with Gasteiger partial charge in [0.25, 0.3) is 0 Å². The van der Waals surface area contributed by atoms with E-state index in [4.69, 9.17) is 11.6 Å². The molecule has 2 rings (SSSR count). The van der Waals surface area contributed by atoms with Crippen molar-refractivity contribution in [3.63, 3.8) is 0 Å². The van der Waals surface area contributed by atoms with E-state index >= 15 is 0 Å². The lowest BCUT2D eigenvalue weighted by Crippen LogP contribution is -2.28. The largest absolute Gasteiger partial charge is 0.334 e. The van der Waals surface area contributed by atoms with Gasteiger partial charge in [0.15, 0.2) is 0 Å². The molecule has 0 unspecified atom stereocenters. The van der Waals surface area contributed by atoms with Crippen LogP contribution in [0.1, 0.15) is 11.1 Å². The zero-order valence-electron chi connectivity index (χ0n) is 10.9. The number of aryl methyl sites for hydroxylation is 1. The molecule has 0 aromatic heterocycles. The lowest BCUT2D eigenvalue weighted by Gasteiger charge is -2.09. The number of carbonyl (C=O) groups excluding carboxylic acids is 1. The first-order valence-corrected chi connectivity index (χ1v) is 7.27. The Labute approximate surface area is 131 Å². The predicted octanol–water partition coefficient (Wildman–Crippen LogP) is 4.73. The van der Waals surface area contributed by atoms with E-state index in [1.165, 1.54) is 0 Å². The van der Waals surface area contributed by atoms with Crippen molar-refractivity contribution < 1.29 is 4.79 Å². The normalized spacial score (nSPS) is 10.2. The molecule has 0 radical (unpaired) electrons. The topological polar surface area (TPSA) is 41.1 Å². The van der Waals surface area contributed by atoms with E-state index in [1.54, 1.807) is 6.07 Å². The zero-order valence-corrected chi connectivity index (χ0v) is 13.3. The Bertz CT molecular complexity index is 631. The summed E-state index contributed by atoms with van der Waals surface area (Å²) in [7, 11) is 0. The second-order valence-electron chi connectivity index (χ2n) is 4.40. The fourth-order valence-electron chi connectivity index (χ4n) is 1.73. The lowest BCUT2D eigenvalue weighted by molar-refractivity contribution is 0.251. The summed E-state index contributed by atoms with van der Waals surface area (Å²) in [5, 5.41) is 6.24. The van der Waals surface area contributed by atoms with Crippen molar-refractivity contribution in [3.05, 3.63) is 63.1 Å². The Morgan fingerprint density at radius 3 is 2.75 bits per heavy atom. The molecule has 5 heteroatoms. The van der Waals surface area contributed by atoms with Crippen LogP contribution in [-0.4, -0.2) is 6.03 Å². The summed E-state index contributed by atoms with van der Waals surface area (Å²) in [6.07, 6.45) is 0. The number of carbonyl (C=O) groups is 1. The first kappa shape index (κ1) is 14.9. The van der Waals surface area contributed by atoms with E-state index < -0.39 is 0 Å². The van der Waals surface area contributed by atoms with Crippen LogP contribution < -0.4 is 10.6 Å². The van der Waals surface area contributed by atoms with Crippen molar-refractivity contribution in [3.8, 4) is 0 Å². The lowest BCUT2D eigenvalue weighted by atomic mass is 10.2. The van der Waals surface area contributed by atoms with Gasteiger partial charge in [-0.05, 0) is 48.4 Å². The van der Waals surface area contributed by atoms with Gasteiger partial charge in [0.05, 0.1) is 0 Å². The summed E-state index contributed by atoms with van der Waals surface area (Å²) in [6, 6.07) is 12.8. The molecule has 3 nitrogen and oxygen atoms in total. The van der Waals surface area contributed by atoms with E-state index in [0.29, 0.717) is 11.6 Å². The SMILES string of the molecule is Cc1cc(NC(=O)NCc2cccc(Cl)c2)ccc1Br. The highest BCUT2D eigenvalue weighted by Gasteiger charge is 2.03. The molecule has 0 atom stereocenters. The maximum absolute atomic E-state index is 11.8. The Morgan fingerprint density at radius 2 is 2.05 bits per heavy atom. The van der Waals surface area contributed by atoms with Crippen LogP contribution in [0.15, 0.2) is 46.9 Å². The summed E-state index contributed by atoms with van der Waals surface area (Å²) in [4.78, 5) is 11.8. The van der Waals surface area contributed by atoms with Crippen LogP contribution in [0.4, 0.5) is 10.5 Å². The second kappa shape index (κ2) is 6.77. The third-order valence-corrected chi connectivity index (χ3v) is 3.88. The quantitative estimate of drug-likeness (QED) is 0.822. The molecule has 0 saturated carbocycles. The highest BCUT2D eigenvalue weighted by molar-refractivity contribution is 9.10. The summed E-state index contributed by atoms with van der Waals surface area (Å²) in [5.41, 5.74) is 2.78. The van der Waals surface area contributed by atoms with Crippen LogP contribution in [0.2, 0.25) is 5.02 Å². The highest BCUT2D eigenvalue weighted by Crippen LogP contribution is 2.19. The van der Waals surface area contributed by atoms with Gasteiger partial charge in [-0.15, -0.1) is 0 Å². The summed E-state index contributed by atoms with van der Waals surface area (Å²) in [6.45, 7) is 2.40. The van der Waals surface area contributed by atoms with Gasteiger partial charge in [-0.2, -0.15) is 0 Å². The van der Waals surface area contributed by atoms with Gasteiger partial charge in [-0.1, -0.05) is 39.7 Å². The predicted molar refractivity (Wildman–Crippen MR) is 86.2 cm³/mol. The number of anilines is 1. The van der Waals surface area contributed by atoms with Crippen LogP contribution in [-0.2, 0) is 6.54 Å². The molecule has 2 N–H and O–H groups in total. The van der Waals surface area contributed by atoms with Gasteiger partial charge in [0, 0.05) is 21.7 Å². The number of hydrogen-bond acceptors (Lipinski definition) is 1. The number of nitrogens with one attached hydrogen (secondary N) is 2. The number of urea groups is 1. The number of rotatable bonds is 3. The fraction of sp³-hybridized carbons (Fsp3) is 0.133. The molecule has 20 heavy (non-hydrogen) atoms. The maximum atomic E-state index is 11.8. The van der Waals surface area contributed by atoms with Gasteiger partial charge in [-0.3, -0.25) is 0 Å². The monoisotopic (exact) mass is 352 g/mol. The number of halogens is 2. The van der Waals surface area contributed by atoms with Crippen molar-refractivity contribution >= 4 is 39.2 Å². The van der Waals surface area contributed by atoms with E-state index in [2.05, 4.69) is 26.6 Å². The minimum Gasteiger partial charge on any atom is -0.334 e. The molecule has 0 spiro atoms. The molecule has 0 bridgehead atoms. The average molecular weight is 354 g/mol. The maximum Gasteiger partial charge on any atom is 0.319 e. The van der Waals surface area contributed by atoms with E-state index in [1.807, 2.05) is 43.3 Å². The van der Waals surface area contributed by atoms with E-state index in [0.717, 1.165) is 21.3 Å². The molecule has 0 aliphatic carbocycles. The second-order valence-corrected chi connectivity index (χ2v) is 5.69. The standard InChI is InChI=1S/C15H14BrClN2O/c1-10-7-13(5-6-14(10)16)19-15(20)18-9-11-3-2-4-12(17)8-11/h2-8H,9H2,1H3,(H2,18,19,20). The van der Waals surface area contributed by atoms with Gasteiger partial charge in [0.1, 0.15) is 0 Å². The number of benzene rings is 2. The minimum atomic E-state index is -0.244. The van der Waals surface area contributed by atoms with Crippen LogP contribution in [0.3, 0.4) is 0 Å². The molecule has 2 aromatic rings. The molecule has 104 valence electrons. The Morgan fingerprint density at radius 1 is 1.25 bits per heavy atom. The first-order valence-electron chi connectivity index (χ1n) is 6.10. The van der Waals surface area contributed by atoms with Crippen molar-refractivity contribution in [2.45, 2.75) is 13.5 Å². The molecule has 0 fully saturated rings. The summed E-state index contributed by atoms with van der Waals surface area (Å²) >= 11 is 9.31. The molecule has 0 heterocycles. The molecule has 0 aliphatic rings. The van der Waals surface area contributed by atoms with Gasteiger partial charge >= 0.3 is 6.03 Å². The zero-order chi connectivity index (χ0) is 14.5. The van der Waals surface area contributed by atoms with Crippen molar-refractivity contribution in [2.24, 2.45) is 0 Å². The Balaban J connectivity index is 1.91. The molecule has 2 aromatic carbocycles. The van der Waals surface area contributed by atoms with Crippen LogP contribution in [0.5, 0.6) is 0 Å². The van der Waals surface area contributed by atoms with E-state index in [-0.39, 0.29) is 6.03 Å². The summed E-state index contributed by atoms with van der Waals surface area (Å²) in [5.74, 6) is 0. The van der Waals surface area contributed by atoms with Gasteiger partial charge < -0.3 is 10.6 Å². The molecule has 0 aliphatic heterocycles. The first-order chi connectivity index (χ1) is 9.54. The Hall–Kier alpha value is -1.52. The van der Waals surface area contributed by atoms with Crippen molar-refractivity contribution in [1.82, 2.24) is 5.32 Å². The van der Waals surface area contributed by atoms with Crippen LogP contribution in [0.25, 0.3) is 0 Å². The van der Waals surface area contributed by atoms with E-state index in [9.17, 15) is 4.79 Å². The van der Waals surface area contributed by atoms with Crippen LogP contribution in [0, 0.1) is 6.92 Å². The third kappa shape index (κ3) is 4.25. The molecular weight excluding hydrogens is 340 g/mol.